The molecule has 3 nitrogen and oxygen atoms in total. The topological polar surface area (TPSA) is 52.9 Å². The second-order valence-electron chi connectivity index (χ2n) is 4.57. The van der Waals surface area contributed by atoms with Crippen LogP contribution >= 0.6 is 11.6 Å². The second kappa shape index (κ2) is 7.81. The van der Waals surface area contributed by atoms with Gasteiger partial charge in [-0.3, -0.25) is 4.79 Å². The minimum atomic E-state index is 0.00954. The number of nitrogens with one attached hydrogen (secondary N) is 1. The highest BCUT2D eigenvalue weighted by molar-refractivity contribution is 6.33. The smallest absolute Gasteiger partial charge is 0.227 e. The molecule has 0 unspecified atom stereocenters. The van der Waals surface area contributed by atoms with Gasteiger partial charge in [-0.15, -0.1) is 0 Å². The Kier molecular flexibility index (Phi) is 6.38. The average Bonchev–Trinajstić information content (AvgIpc) is 2.40. The van der Waals surface area contributed by atoms with E-state index in [1.54, 1.807) is 18.2 Å². The summed E-state index contributed by atoms with van der Waals surface area (Å²) < 4.78 is 0. The van der Waals surface area contributed by atoms with Gasteiger partial charge in [0.15, 0.2) is 0 Å². The molecule has 4 heteroatoms. The number of halogens is 1. The molecular formula is C15H19ClN2O. The zero-order chi connectivity index (χ0) is 14.3. The molecule has 0 heterocycles. The lowest BCUT2D eigenvalue weighted by Gasteiger charge is -2.16. The van der Waals surface area contributed by atoms with Gasteiger partial charge in [0, 0.05) is 5.92 Å². The lowest BCUT2D eigenvalue weighted by molar-refractivity contribution is -0.120. The Morgan fingerprint density at radius 2 is 2.00 bits per heavy atom. The summed E-state index contributed by atoms with van der Waals surface area (Å²) in [6.45, 7) is 4.15. The highest BCUT2D eigenvalue weighted by Crippen LogP contribution is 2.24. The largest absolute Gasteiger partial charge is 0.325 e. The van der Waals surface area contributed by atoms with E-state index in [1.807, 2.05) is 6.07 Å². The Labute approximate surface area is 119 Å². The maximum Gasteiger partial charge on any atom is 0.227 e. The van der Waals surface area contributed by atoms with Gasteiger partial charge >= 0.3 is 0 Å². The first kappa shape index (κ1) is 15.5. The second-order valence-corrected chi connectivity index (χ2v) is 4.98. The molecular weight excluding hydrogens is 260 g/mol. The summed E-state index contributed by atoms with van der Waals surface area (Å²) in [6.07, 6.45) is 3.74. The molecule has 1 aromatic carbocycles. The van der Waals surface area contributed by atoms with Crippen LogP contribution in [0.5, 0.6) is 0 Å². The van der Waals surface area contributed by atoms with Crippen molar-refractivity contribution in [2.75, 3.05) is 5.32 Å². The van der Waals surface area contributed by atoms with E-state index in [4.69, 9.17) is 16.9 Å². The Morgan fingerprint density at radius 1 is 1.37 bits per heavy atom. The van der Waals surface area contributed by atoms with Crippen LogP contribution in [0, 0.1) is 17.2 Å². The van der Waals surface area contributed by atoms with Crippen molar-refractivity contribution in [1.29, 1.82) is 5.26 Å². The van der Waals surface area contributed by atoms with Gasteiger partial charge in [0.25, 0.3) is 0 Å². The summed E-state index contributed by atoms with van der Waals surface area (Å²) in [5, 5.41) is 12.0. The predicted octanol–water partition coefficient (Wildman–Crippen LogP) is 4.37. The number of carbonyl (C=O) groups excluding carboxylic acids is 1. The van der Waals surface area contributed by atoms with E-state index < -0.39 is 0 Å². The fraction of sp³-hybridized carbons (Fsp3) is 0.467. The number of anilines is 1. The van der Waals surface area contributed by atoms with Gasteiger partial charge in [-0.1, -0.05) is 38.3 Å². The van der Waals surface area contributed by atoms with Crippen LogP contribution in [0.15, 0.2) is 18.2 Å². The molecule has 0 radical (unpaired) electrons. The molecule has 1 N–H and O–H groups in total. The quantitative estimate of drug-likeness (QED) is 0.840. The highest BCUT2D eigenvalue weighted by atomic mass is 35.5. The van der Waals surface area contributed by atoms with Crippen LogP contribution in [0.1, 0.15) is 45.1 Å². The number of carbonyl (C=O) groups is 1. The summed E-state index contributed by atoms with van der Waals surface area (Å²) in [5.74, 6) is 0.0389. The van der Waals surface area contributed by atoms with Gasteiger partial charge < -0.3 is 5.32 Å². The molecule has 0 saturated heterocycles. The third-order valence-corrected chi connectivity index (χ3v) is 3.31. The first-order chi connectivity index (χ1) is 9.12. The zero-order valence-corrected chi connectivity index (χ0v) is 12.1. The third kappa shape index (κ3) is 4.57. The molecule has 1 amide bonds. The van der Waals surface area contributed by atoms with E-state index in [0.29, 0.717) is 16.3 Å². The van der Waals surface area contributed by atoms with Crippen LogP contribution in [0.2, 0.25) is 5.02 Å². The maximum atomic E-state index is 12.2. The van der Waals surface area contributed by atoms with Crippen molar-refractivity contribution in [1.82, 2.24) is 0 Å². The fourth-order valence-corrected chi connectivity index (χ4v) is 2.25. The molecule has 0 atom stereocenters. The molecule has 0 bridgehead atoms. The minimum Gasteiger partial charge on any atom is -0.325 e. The molecule has 19 heavy (non-hydrogen) atoms. The van der Waals surface area contributed by atoms with Crippen molar-refractivity contribution >= 4 is 23.2 Å². The van der Waals surface area contributed by atoms with Crippen molar-refractivity contribution in [3.63, 3.8) is 0 Å². The zero-order valence-electron chi connectivity index (χ0n) is 11.4. The van der Waals surface area contributed by atoms with Crippen LogP contribution in [-0.2, 0) is 4.79 Å². The first-order valence-corrected chi connectivity index (χ1v) is 7.00. The summed E-state index contributed by atoms with van der Waals surface area (Å²) in [5.41, 5.74) is 1.06. The summed E-state index contributed by atoms with van der Waals surface area (Å²) in [6, 6.07) is 6.90. The lowest BCUT2D eigenvalue weighted by atomic mass is 9.97. The van der Waals surface area contributed by atoms with Crippen LogP contribution in [0.25, 0.3) is 0 Å². The standard InChI is InChI=1S/C15H19ClN2O/c1-3-5-12(6-4-2)15(19)18-14-8-7-11(10-17)9-13(14)16/h7-9,12H,3-6H2,1-2H3,(H,18,19). The van der Waals surface area contributed by atoms with Crippen molar-refractivity contribution in [2.45, 2.75) is 39.5 Å². The van der Waals surface area contributed by atoms with Gasteiger partial charge in [-0.2, -0.15) is 5.26 Å². The summed E-state index contributed by atoms with van der Waals surface area (Å²) in [7, 11) is 0. The minimum absolute atomic E-state index is 0.00954. The molecule has 0 saturated carbocycles. The van der Waals surface area contributed by atoms with Gasteiger partial charge in [-0.05, 0) is 31.0 Å². The molecule has 0 aliphatic rings. The van der Waals surface area contributed by atoms with Crippen molar-refractivity contribution in [3.8, 4) is 6.07 Å². The van der Waals surface area contributed by atoms with Crippen molar-refractivity contribution in [3.05, 3.63) is 28.8 Å². The fourth-order valence-electron chi connectivity index (χ4n) is 2.02. The van der Waals surface area contributed by atoms with Gasteiger partial charge in [0.1, 0.15) is 0 Å². The summed E-state index contributed by atoms with van der Waals surface area (Å²) in [4.78, 5) is 12.2. The molecule has 102 valence electrons. The normalized spacial score (nSPS) is 10.3. The van der Waals surface area contributed by atoms with E-state index in [9.17, 15) is 4.79 Å². The molecule has 0 fully saturated rings. The third-order valence-electron chi connectivity index (χ3n) is 3.00. The van der Waals surface area contributed by atoms with E-state index in [1.165, 1.54) is 0 Å². The summed E-state index contributed by atoms with van der Waals surface area (Å²) >= 11 is 6.05. The number of amides is 1. The predicted molar refractivity (Wildman–Crippen MR) is 78.1 cm³/mol. The highest BCUT2D eigenvalue weighted by Gasteiger charge is 2.17. The Morgan fingerprint density at radius 3 is 2.47 bits per heavy atom. The van der Waals surface area contributed by atoms with Gasteiger partial charge in [-0.25, -0.2) is 0 Å². The van der Waals surface area contributed by atoms with Crippen LogP contribution in [-0.4, -0.2) is 5.91 Å². The van der Waals surface area contributed by atoms with Gasteiger partial charge in [0.2, 0.25) is 5.91 Å². The van der Waals surface area contributed by atoms with Crippen LogP contribution in [0.4, 0.5) is 5.69 Å². The average molecular weight is 279 g/mol. The van der Waals surface area contributed by atoms with Crippen LogP contribution < -0.4 is 5.32 Å². The number of nitriles is 1. The Hall–Kier alpha value is -1.53. The number of rotatable bonds is 6. The molecule has 0 aliphatic carbocycles. The molecule has 0 spiro atoms. The molecule has 1 rings (SSSR count). The number of hydrogen-bond acceptors (Lipinski definition) is 2. The van der Waals surface area contributed by atoms with E-state index in [-0.39, 0.29) is 11.8 Å². The number of nitrogens with zero attached hydrogens (tertiary/aromatic N) is 1. The van der Waals surface area contributed by atoms with Crippen molar-refractivity contribution < 1.29 is 4.79 Å². The molecule has 0 aliphatic heterocycles. The van der Waals surface area contributed by atoms with E-state index in [0.717, 1.165) is 25.7 Å². The molecule has 1 aromatic rings. The van der Waals surface area contributed by atoms with Gasteiger partial charge in [0.05, 0.1) is 22.3 Å². The van der Waals surface area contributed by atoms with E-state index in [2.05, 4.69) is 19.2 Å². The maximum absolute atomic E-state index is 12.2. The Bertz CT molecular complexity index is 474. The first-order valence-electron chi connectivity index (χ1n) is 6.62. The van der Waals surface area contributed by atoms with Crippen molar-refractivity contribution in [2.24, 2.45) is 5.92 Å². The molecule has 0 aromatic heterocycles. The van der Waals surface area contributed by atoms with E-state index >= 15 is 0 Å². The monoisotopic (exact) mass is 278 g/mol. The Balaban J connectivity index is 2.78. The van der Waals surface area contributed by atoms with Crippen LogP contribution in [0.3, 0.4) is 0 Å². The number of hydrogen-bond donors (Lipinski definition) is 1. The SMILES string of the molecule is CCCC(CCC)C(=O)Nc1ccc(C#N)cc1Cl. The lowest BCUT2D eigenvalue weighted by Crippen LogP contribution is -2.22. The number of benzene rings is 1.